The predicted octanol–water partition coefficient (Wildman–Crippen LogP) is 4.21. The largest absolute Gasteiger partial charge is 0.360 e. The molecule has 2 aromatic carbocycles. The summed E-state index contributed by atoms with van der Waals surface area (Å²) < 4.78 is 13.3. The number of carbonyl (C=O) groups is 1. The van der Waals surface area contributed by atoms with Gasteiger partial charge < -0.3 is 10.3 Å². The Balaban J connectivity index is 1.97. The zero-order chi connectivity index (χ0) is 14.1. The van der Waals surface area contributed by atoms with E-state index in [4.69, 9.17) is 11.6 Å². The molecule has 5 heteroatoms. The van der Waals surface area contributed by atoms with Gasteiger partial charge in [-0.15, -0.1) is 0 Å². The number of nitrogens with one attached hydrogen (secondary N) is 2. The maximum absolute atomic E-state index is 13.3. The van der Waals surface area contributed by atoms with Crippen LogP contribution in [0.2, 0.25) is 5.02 Å². The molecule has 0 spiro atoms. The van der Waals surface area contributed by atoms with Gasteiger partial charge in [0.1, 0.15) is 5.82 Å². The van der Waals surface area contributed by atoms with Gasteiger partial charge >= 0.3 is 0 Å². The number of rotatable bonds is 2. The number of carbonyl (C=O) groups excluding carboxylic acids is 1. The molecule has 3 nitrogen and oxygen atoms in total. The van der Waals surface area contributed by atoms with Crippen molar-refractivity contribution >= 4 is 34.1 Å². The van der Waals surface area contributed by atoms with Crippen LogP contribution in [0.25, 0.3) is 10.9 Å². The van der Waals surface area contributed by atoms with Gasteiger partial charge in [-0.05, 0) is 30.3 Å². The van der Waals surface area contributed by atoms with E-state index in [-0.39, 0.29) is 11.7 Å². The van der Waals surface area contributed by atoms with Gasteiger partial charge in [0, 0.05) is 17.1 Å². The second-order valence-electron chi connectivity index (χ2n) is 4.33. The van der Waals surface area contributed by atoms with Crippen molar-refractivity contribution in [3.63, 3.8) is 0 Å². The quantitative estimate of drug-likeness (QED) is 0.729. The molecule has 3 aromatic rings. The van der Waals surface area contributed by atoms with Crippen molar-refractivity contribution in [2.24, 2.45) is 0 Å². The number of hydrogen-bond acceptors (Lipinski definition) is 1. The average molecular weight is 289 g/mol. The summed E-state index contributed by atoms with van der Waals surface area (Å²) in [6, 6.07) is 11.2. The van der Waals surface area contributed by atoms with Crippen LogP contribution in [-0.4, -0.2) is 10.9 Å². The summed E-state index contributed by atoms with van der Waals surface area (Å²) >= 11 is 5.99. The molecule has 0 radical (unpaired) electrons. The van der Waals surface area contributed by atoms with E-state index in [1.807, 2.05) is 0 Å². The van der Waals surface area contributed by atoms with Crippen LogP contribution in [-0.2, 0) is 0 Å². The molecule has 0 aliphatic rings. The summed E-state index contributed by atoms with van der Waals surface area (Å²) in [7, 11) is 0. The Hall–Kier alpha value is -2.33. The number of anilines is 1. The van der Waals surface area contributed by atoms with E-state index in [9.17, 15) is 9.18 Å². The molecule has 100 valence electrons. The van der Waals surface area contributed by atoms with Gasteiger partial charge in [0.25, 0.3) is 5.91 Å². The number of benzene rings is 2. The Morgan fingerprint density at radius 1 is 1.20 bits per heavy atom. The van der Waals surface area contributed by atoms with Gasteiger partial charge in [-0.25, -0.2) is 4.39 Å². The van der Waals surface area contributed by atoms with E-state index in [2.05, 4.69) is 10.3 Å². The SMILES string of the molecule is O=C(Nc1ccccc1Cl)c1c[nH]c2ccc(F)cc12. The fourth-order valence-electron chi connectivity index (χ4n) is 2.03. The molecule has 0 fully saturated rings. The molecule has 1 aromatic heterocycles. The molecule has 1 heterocycles. The van der Waals surface area contributed by atoms with Crippen LogP contribution in [0.5, 0.6) is 0 Å². The molecule has 0 saturated heterocycles. The third kappa shape index (κ3) is 2.26. The Labute approximate surface area is 119 Å². The van der Waals surface area contributed by atoms with Crippen LogP contribution in [0.3, 0.4) is 0 Å². The predicted molar refractivity (Wildman–Crippen MR) is 77.7 cm³/mol. The lowest BCUT2D eigenvalue weighted by molar-refractivity contribution is 0.102. The molecule has 3 rings (SSSR count). The van der Waals surface area contributed by atoms with Gasteiger partial charge in [0.05, 0.1) is 16.3 Å². The summed E-state index contributed by atoms with van der Waals surface area (Å²) in [5, 5.41) is 3.70. The topological polar surface area (TPSA) is 44.9 Å². The second-order valence-corrected chi connectivity index (χ2v) is 4.73. The molecule has 0 unspecified atom stereocenters. The van der Waals surface area contributed by atoms with Crippen molar-refractivity contribution in [2.75, 3.05) is 5.32 Å². The van der Waals surface area contributed by atoms with Crippen LogP contribution in [0, 0.1) is 5.82 Å². The smallest absolute Gasteiger partial charge is 0.257 e. The molecule has 20 heavy (non-hydrogen) atoms. The van der Waals surface area contributed by atoms with Gasteiger partial charge in [-0.3, -0.25) is 4.79 Å². The summed E-state index contributed by atoms with van der Waals surface area (Å²) in [6.45, 7) is 0. The van der Waals surface area contributed by atoms with Crippen LogP contribution in [0.15, 0.2) is 48.7 Å². The molecule has 0 atom stereocenters. The number of amides is 1. The maximum Gasteiger partial charge on any atom is 0.257 e. The first-order chi connectivity index (χ1) is 9.65. The van der Waals surface area contributed by atoms with E-state index in [0.717, 1.165) is 0 Å². The second kappa shape index (κ2) is 4.98. The third-order valence-corrected chi connectivity index (χ3v) is 3.34. The average Bonchev–Trinajstić information content (AvgIpc) is 2.84. The fourth-order valence-corrected chi connectivity index (χ4v) is 2.22. The number of halogens is 2. The van der Waals surface area contributed by atoms with E-state index >= 15 is 0 Å². The minimum atomic E-state index is -0.385. The number of H-pyrrole nitrogens is 1. The van der Waals surface area contributed by atoms with Crippen LogP contribution >= 0.6 is 11.6 Å². The first-order valence-corrected chi connectivity index (χ1v) is 6.35. The summed E-state index contributed by atoms with van der Waals surface area (Å²) in [4.78, 5) is 15.2. The Morgan fingerprint density at radius 2 is 2.00 bits per heavy atom. The molecule has 0 aliphatic carbocycles. The summed E-state index contributed by atoms with van der Waals surface area (Å²) in [5.74, 6) is -0.723. The van der Waals surface area contributed by atoms with Crippen molar-refractivity contribution in [1.82, 2.24) is 4.98 Å². The Morgan fingerprint density at radius 3 is 2.80 bits per heavy atom. The van der Waals surface area contributed by atoms with Gasteiger partial charge in [-0.1, -0.05) is 23.7 Å². The Bertz CT molecular complexity index is 797. The van der Waals surface area contributed by atoms with Crippen LogP contribution in [0.4, 0.5) is 10.1 Å². The van der Waals surface area contributed by atoms with Crippen molar-refractivity contribution in [3.8, 4) is 0 Å². The minimum Gasteiger partial charge on any atom is -0.360 e. The molecule has 0 aliphatic heterocycles. The minimum absolute atomic E-state index is 0.338. The highest BCUT2D eigenvalue weighted by atomic mass is 35.5. The van der Waals surface area contributed by atoms with E-state index in [0.29, 0.717) is 27.2 Å². The van der Waals surface area contributed by atoms with E-state index < -0.39 is 0 Å². The number of fused-ring (bicyclic) bond motifs is 1. The number of hydrogen-bond donors (Lipinski definition) is 2. The highest BCUT2D eigenvalue weighted by Crippen LogP contribution is 2.24. The Kier molecular flexibility index (Phi) is 3.16. The lowest BCUT2D eigenvalue weighted by Crippen LogP contribution is -2.11. The van der Waals surface area contributed by atoms with Crippen LogP contribution in [0.1, 0.15) is 10.4 Å². The van der Waals surface area contributed by atoms with Gasteiger partial charge in [0.15, 0.2) is 0 Å². The highest BCUT2D eigenvalue weighted by Gasteiger charge is 2.13. The molecular formula is C15H10ClFN2O. The van der Waals surface area contributed by atoms with Crippen molar-refractivity contribution in [2.45, 2.75) is 0 Å². The first-order valence-electron chi connectivity index (χ1n) is 5.97. The normalized spacial score (nSPS) is 10.7. The van der Waals surface area contributed by atoms with Crippen molar-refractivity contribution < 1.29 is 9.18 Å². The fraction of sp³-hybridized carbons (Fsp3) is 0. The number of para-hydroxylation sites is 1. The first kappa shape index (κ1) is 12.7. The van der Waals surface area contributed by atoms with E-state index in [1.165, 1.54) is 12.1 Å². The molecule has 0 saturated carbocycles. The highest BCUT2D eigenvalue weighted by molar-refractivity contribution is 6.34. The molecule has 2 N–H and O–H groups in total. The molecule has 1 amide bonds. The van der Waals surface area contributed by atoms with Crippen molar-refractivity contribution in [1.29, 1.82) is 0 Å². The molecule has 0 bridgehead atoms. The third-order valence-electron chi connectivity index (χ3n) is 3.01. The zero-order valence-corrected chi connectivity index (χ0v) is 11.0. The summed E-state index contributed by atoms with van der Waals surface area (Å²) in [6.07, 6.45) is 1.55. The molecular weight excluding hydrogens is 279 g/mol. The van der Waals surface area contributed by atoms with E-state index in [1.54, 1.807) is 36.5 Å². The standard InChI is InChI=1S/C15H10ClFN2O/c16-12-3-1-2-4-14(12)19-15(20)11-8-18-13-6-5-9(17)7-10(11)13/h1-8,18H,(H,19,20). The number of aromatic amines is 1. The lowest BCUT2D eigenvalue weighted by atomic mass is 10.1. The lowest BCUT2D eigenvalue weighted by Gasteiger charge is -2.06. The monoisotopic (exact) mass is 288 g/mol. The van der Waals surface area contributed by atoms with Crippen LogP contribution < -0.4 is 5.32 Å². The van der Waals surface area contributed by atoms with Crippen molar-refractivity contribution in [3.05, 3.63) is 65.1 Å². The van der Waals surface area contributed by atoms with Gasteiger partial charge in [0.2, 0.25) is 0 Å². The maximum atomic E-state index is 13.3. The van der Waals surface area contributed by atoms with Gasteiger partial charge in [-0.2, -0.15) is 0 Å². The summed E-state index contributed by atoms with van der Waals surface area (Å²) in [5.41, 5.74) is 1.60. The zero-order valence-electron chi connectivity index (χ0n) is 10.3. The number of aromatic nitrogens is 1.